The molecule has 56 valence electrons. The van der Waals surface area contributed by atoms with Gasteiger partial charge in [-0.15, -0.1) is 0 Å². The number of benzene rings is 1. The summed E-state index contributed by atoms with van der Waals surface area (Å²) in [6.07, 6.45) is 1.95. The third-order valence-corrected chi connectivity index (χ3v) is 2.17. The fourth-order valence-corrected chi connectivity index (χ4v) is 1.40. The summed E-state index contributed by atoms with van der Waals surface area (Å²) in [4.78, 5) is 3.15. The normalized spacial score (nSPS) is 10.6. The van der Waals surface area contributed by atoms with E-state index in [0.29, 0.717) is 0 Å². The van der Waals surface area contributed by atoms with Gasteiger partial charge in [-0.2, -0.15) is 12.6 Å². The molecule has 0 unspecified atom stereocenters. The summed E-state index contributed by atoms with van der Waals surface area (Å²) in [5, 5.41) is 1.26. The Bertz CT molecular complexity index is 364. The van der Waals surface area contributed by atoms with Crippen LogP contribution in [0.15, 0.2) is 30.5 Å². The van der Waals surface area contributed by atoms with Crippen LogP contribution in [-0.2, 0) is 5.75 Å². The predicted molar refractivity (Wildman–Crippen MR) is 51.0 cm³/mol. The molecule has 0 fully saturated rings. The van der Waals surface area contributed by atoms with Crippen molar-refractivity contribution in [2.45, 2.75) is 5.75 Å². The molecule has 1 heterocycles. The van der Waals surface area contributed by atoms with E-state index in [2.05, 4.69) is 41.9 Å². The topological polar surface area (TPSA) is 15.8 Å². The summed E-state index contributed by atoms with van der Waals surface area (Å²) in [6.45, 7) is 0. The summed E-state index contributed by atoms with van der Waals surface area (Å²) < 4.78 is 0. The van der Waals surface area contributed by atoms with Crippen LogP contribution in [-0.4, -0.2) is 4.98 Å². The van der Waals surface area contributed by atoms with Gasteiger partial charge in [0.15, 0.2) is 0 Å². The first-order valence-corrected chi connectivity index (χ1v) is 4.20. The van der Waals surface area contributed by atoms with Gasteiger partial charge in [0.2, 0.25) is 0 Å². The fraction of sp³-hybridized carbons (Fsp3) is 0.111. The fourth-order valence-electron chi connectivity index (χ4n) is 1.20. The zero-order valence-corrected chi connectivity index (χ0v) is 6.94. The molecule has 0 aliphatic rings. The molecule has 0 bridgehead atoms. The third kappa shape index (κ3) is 1.14. The van der Waals surface area contributed by atoms with Crippen LogP contribution < -0.4 is 0 Å². The van der Waals surface area contributed by atoms with E-state index in [4.69, 9.17) is 0 Å². The number of thiol groups is 1. The molecule has 1 nitrogen and oxygen atoms in total. The van der Waals surface area contributed by atoms with E-state index in [-0.39, 0.29) is 0 Å². The van der Waals surface area contributed by atoms with Crippen molar-refractivity contribution < 1.29 is 0 Å². The van der Waals surface area contributed by atoms with E-state index < -0.39 is 0 Å². The quantitative estimate of drug-likeness (QED) is 0.601. The first-order chi connectivity index (χ1) is 5.40. The van der Waals surface area contributed by atoms with Gasteiger partial charge in [-0.25, -0.2) is 0 Å². The van der Waals surface area contributed by atoms with Gasteiger partial charge in [-0.1, -0.05) is 6.07 Å². The van der Waals surface area contributed by atoms with Crippen molar-refractivity contribution in [1.82, 2.24) is 4.98 Å². The molecule has 2 heteroatoms. The van der Waals surface area contributed by atoms with Gasteiger partial charge in [0.25, 0.3) is 0 Å². The van der Waals surface area contributed by atoms with Crippen LogP contribution in [0.25, 0.3) is 10.9 Å². The number of aromatic amines is 1. The van der Waals surface area contributed by atoms with E-state index in [1.807, 2.05) is 6.20 Å². The molecule has 1 aromatic carbocycles. The van der Waals surface area contributed by atoms with Gasteiger partial charge in [0.1, 0.15) is 0 Å². The molecule has 2 aromatic rings. The van der Waals surface area contributed by atoms with Gasteiger partial charge in [0.05, 0.1) is 0 Å². The van der Waals surface area contributed by atoms with E-state index in [1.165, 1.54) is 16.5 Å². The number of hydrogen-bond acceptors (Lipinski definition) is 1. The molecule has 0 atom stereocenters. The molecule has 0 spiro atoms. The second-order valence-electron chi connectivity index (χ2n) is 2.56. The van der Waals surface area contributed by atoms with Crippen molar-refractivity contribution in [3.05, 3.63) is 36.0 Å². The molecule has 2 rings (SSSR count). The van der Waals surface area contributed by atoms with Crippen LogP contribution in [0, 0.1) is 0 Å². The lowest BCUT2D eigenvalue weighted by atomic mass is 10.2. The standard InChI is InChI=1S/C9H9NS/c11-6-7-1-2-9-8(5-7)3-4-10-9/h1-5,10-11H,6H2. The summed E-state index contributed by atoms with van der Waals surface area (Å²) in [5.74, 6) is 0.807. The van der Waals surface area contributed by atoms with Crippen molar-refractivity contribution in [2.24, 2.45) is 0 Å². The average Bonchev–Trinajstić information content (AvgIpc) is 2.50. The highest BCUT2D eigenvalue weighted by molar-refractivity contribution is 7.79. The Hall–Kier alpha value is -0.890. The Morgan fingerprint density at radius 2 is 2.18 bits per heavy atom. The first-order valence-electron chi connectivity index (χ1n) is 3.57. The lowest BCUT2D eigenvalue weighted by Gasteiger charge is -1.94. The number of aromatic nitrogens is 1. The Morgan fingerprint density at radius 1 is 1.27 bits per heavy atom. The summed E-state index contributed by atoms with van der Waals surface area (Å²) >= 11 is 4.21. The maximum absolute atomic E-state index is 4.21. The Balaban J connectivity index is 2.67. The highest BCUT2D eigenvalue weighted by atomic mass is 32.1. The van der Waals surface area contributed by atoms with Gasteiger partial charge in [0, 0.05) is 17.5 Å². The van der Waals surface area contributed by atoms with E-state index in [0.717, 1.165) is 5.75 Å². The van der Waals surface area contributed by atoms with Crippen LogP contribution in [0.3, 0.4) is 0 Å². The number of nitrogens with one attached hydrogen (secondary N) is 1. The molecule has 1 aromatic heterocycles. The Kier molecular flexibility index (Phi) is 1.62. The molecule has 0 aliphatic heterocycles. The molecule has 0 amide bonds. The number of fused-ring (bicyclic) bond motifs is 1. The molecule has 0 saturated carbocycles. The summed E-state index contributed by atoms with van der Waals surface area (Å²) in [6, 6.07) is 8.40. The van der Waals surface area contributed by atoms with Gasteiger partial charge < -0.3 is 4.98 Å². The third-order valence-electron chi connectivity index (χ3n) is 1.80. The summed E-state index contributed by atoms with van der Waals surface area (Å²) in [7, 11) is 0. The highest BCUT2D eigenvalue weighted by Crippen LogP contribution is 2.14. The van der Waals surface area contributed by atoms with Crippen molar-refractivity contribution >= 4 is 23.5 Å². The molecular weight excluding hydrogens is 154 g/mol. The lowest BCUT2D eigenvalue weighted by Crippen LogP contribution is -1.75. The average molecular weight is 163 g/mol. The lowest BCUT2D eigenvalue weighted by molar-refractivity contribution is 1.43. The molecule has 0 aliphatic carbocycles. The molecular formula is C9H9NS. The molecule has 11 heavy (non-hydrogen) atoms. The minimum Gasteiger partial charge on any atom is -0.361 e. The van der Waals surface area contributed by atoms with Gasteiger partial charge in [-0.05, 0) is 29.1 Å². The van der Waals surface area contributed by atoms with E-state index >= 15 is 0 Å². The van der Waals surface area contributed by atoms with Crippen molar-refractivity contribution in [1.29, 1.82) is 0 Å². The molecule has 0 radical (unpaired) electrons. The van der Waals surface area contributed by atoms with E-state index in [1.54, 1.807) is 0 Å². The maximum atomic E-state index is 4.21. The first kappa shape index (κ1) is 6.80. The smallest absolute Gasteiger partial charge is 0.0454 e. The maximum Gasteiger partial charge on any atom is 0.0454 e. The van der Waals surface area contributed by atoms with E-state index in [9.17, 15) is 0 Å². The van der Waals surface area contributed by atoms with Crippen LogP contribution >= 0.6 is 12.6 Å². The Morgan fingerprint density at radius 3 is 3.00 bits per heavy atom. The van der Waals surface area contributed by atoms with Crippen molar-refractivity contribution in [3.8, 4) is 0 Å². The van der Waals surface area contributed by atoms with Crippen LogP contribution in [0.4, 0.5) is 0 Å². The van der Waals surface area contributed by atoms with Crippen LogP contribution in [0.2, 0.25) is 0 Å². The zero-order valence-electron chi connectivity index (χ0n) is 6.04. The summed E-state index contributed by atoms with van der Waals surface area (Å²) in [5.41, 5.74) is 2.45. The van der Waals surface area contributed by atoms with Gasteiger partial charge in [-0.3, -0.25) is 0 Å². The predicted octanol–water partition coefficient (Wildman–Crippen LogP) is 2.60. The van der Waals surface area contributed by atoms with Crippen LogP contribution in [0.5, 0.6) is 0 Å². The Labute approximate surface area is 70.8 Å². The van der Waals surface area contributed by atoms with Crippen molar-refractivity contribution in [3.63, 3.8) is 0 Å². The van der Waals surface area contributed by atoms with Gasteiger partial charge >= 0.3 is 0 Å². The largest absolute Gasteiger partial charge is 0.361 e. The van der Waals surface area contributed by atoms with Crippen LogP contribution in [0.1, 0.15) is 5.56 Å². The monoisotopic (exact) mass is 163 g/mol. The van der Waals surface area contributed by atoms with Crippen molar-refractivity contribution in [2.75, 3.05) is 0 Å². The molecule has 1 N–H and O–H groups in total. The second-order valence-corrected chi connectivity index (χ2v) is 2.87. The number of H-pyrrole nitrogens is 1. The number of hydrogen-bond donors (Lipinski definition) is 2. The second kappa shape index (κ2) is 2.62. The highest BCUT2D eigenvalue weighted by Gasteiger charge is 1.93. The molecule has 0 saturated heterocycles. The SMILES string of the molecule is SCc1ccc2[nH]ccc2c1. The zero-order chi connectivity index (χ0) is 7.68. The minimum absolute atomic E-state index is 0.807. The number of rotatable bonds is 1. The minimum atomic E-state index is 0.807.